The number of hydrogen-bond acceptors (Lipinski definition) is 3. The second kappa shape index (κ2) is 7.33. The lowest BCUT2D eigenvalue weighted by molar-refractivity contribution is -0.111. The third-order valence-electron chi connectivity index (χ3n) is 3.45. The maximum absolute atomic E-state index is 12.0. The minimum atomic E-state index is -0.253. The Morgan fingerprint density at radius 2 is 1.75 bits per heavy atom. The highest BCUT2D eigenvalue weighted by molar-refractivity contribution is 6.02. The Balaban J connectivity index is 1.68. The van der Waals surface area contributed by atoms with Crippen molar-refractivity contribution in [3.8, 4) is 17.1 Å². The van der Waals surface area contributed by atoms with Crippen molar-refractivity contribution in [1.29, 1.82) is 0 Å². The van der Waals surface area contributed by atoms with Gasteiger partial charge in [-0.2, -0.15) is 0 Å². The summed E-state index contributed by atoms with van der Waals surface area (Å²) in [6.45, 7) is 0. The molecular weight excluding hydrogens is 302 g/mol. The van der Waals surface area contributed by atoms with Crippen LogP contribution in [0.3, 0.4) is 0 Å². The molecule has 0 aliphatic carbocycles. The molecule has 120 valence electrons. The van der Waals surface area contributed by atoms with E-state index < -0.39 is 0 Å². The van der Waals surface area contributed by atoms with Gasteiger partial charge >= 0.3 is 0 Å². The summed E-state index contributed by atoms with van der Waals surface area (Å²) < 4.78 is 10.9. The number of methoxy groups -OCH3 is 1. The van der Waals surface area contributed by atoms with Crippen LogP contribution < -0.4 is 10.1 Å². The van der Waals surface area contributed by atoms with Crippen LogP contribution in [0.15, 0.2) is 77.2 Å². The first kappa shape index (κ1) is 15.6. The van der Waals surface area contributed by atoms with Gasteiger partial charge in [0.1, 0.15) is 17.3 Å². The summed E-state index contributed by atoms with van der Waals surface area (Å²) in [5.41, 5.74) is 1.62. The number of benzene rings is 2. The van der Waals surface area contributed by atoms with Gasteiger partial charge in [0.2, 0.25) is 5.91 Å². The lowest BCUT2D eigenvalue weighted by atomic mass is 10.2. The van der Waals surface area contributed by atoms with Crippen LogP contribution in [-0.4, -0.2) is 13.0 Å². The first-order valence-electron chi connectivity index (χ1n) is 7.53. The monoisotopic (exact) mass is 319 g/mol. The second-order valence-electron chi connectivity index (χ2n) is 5.09. The van der Waals surface area contributed by atoms with Crippen LogP contribution in [0.5, 0.6) is 5.75 Å². The number of ether oxygens (including phenoxy) is 1. The lowest BCUT2D eigenvalue weighted by Crippen LogP contribution is -2.08. The van der Waals surface area contributed by atoms with Crippen molar-refractivity contribution in [2.75, 3.05) is 12.4 Å². The number of furan rings is 1. The molecule has 1 aromatic heterocycles. The molecule has 0 saturated heterocycles. The first-order chi connectivity index (χ1) is 11.8. The molecule has 0 spiro atoms. The molecule has 1 heterocycles. The van der Waals surface area contributed by atoms with Crippen LogP contribution in [0.1, 0.15) is 5.76 Å². The predicted octanol–water partition coefficient (Wildman–Crippen LogP) is 4.61. The van der Waals surface area contributed by atoms with Gasteiger partial charge in [0, 0.05) is 11.6 Å². The summed E-state index contributed by atoms with van der Waals surface area (Å²) in [4.78, 5) is 12.0. The zero-order chi connectivity index (χ0) is 16.8. The van der Waals surface area contributed by atoms with E-state index in [4.69, 9.17) is 9.15 Å². The van der Waals surface area contributed by atoms with Gasteiger partial charge in [-0.05, 0) is 30.3 Å². The Kier molecular flexibility index (Phi) is 4.77. The summed E-state index contributed by atoms with van der Waals surface area (Å²) >= 11 is 0. The molecule has 2 aromatic carbocycles. The SMILES string of the molecule is COc1ccccc1NC(=O)/C=C/c1ccc(-c2ccccc2)o1. The van der Waals surface area contributed by atoms with E-state index >= 15 is 0 Å². The second-order valence-corrected chi connectivity index (χ2v) is 5.09. The van der Waals surface area contributed by atoms with E-state index in [1.165, 1.54) is 6.08 Å². The molecule has 1 N–H and O–H groups in total. The highest BCUT2D eigenvalue weighted by atomic mass is 16.5. The van der Waals surface area contributed by atoms with E-state index in [0.29, 0.717) is 17.2 Å². The van der Waals surface area contributed by atoms with Gasteiger partial charge in [-0.25, -0.2) is 0 Å². The zero-order valence-electron chi connectivity index (χ0n) is 13.2. The van der Waals surface area contributed by atoms with Crippen LogP contribution in [0.2, 0.25) is 0 Å². The number of nitrogens with one attached hydrogen (secondary N) is 1. The number of rotatable bonds is 5. The number of carbonyl (C=O) groups excluding carboxylic acids is 1. The van der Waals surface area contributed by atoms with Crippen LogP contribution in [-0.2, 0) is 4.79 Å². The molecule has 0 saturated carbocycles. The van der Waals surface area contributed by atoms with Crippen molar-refractivity contribution in [2.45, 2.75) is 0 Å². The molecule has 24 heavy (non-hydrogen) atoms. The number of para-hydroxylation sites is 2. The Morgan fingerprint density at radius 3 is 2.54 bits per heavy atom. The van der Waals surface area contributed by atoms with Crippen LogP contribution >= 0.6 is 0 Å². The Hall–Kier alpha value is -3.27. The van der Waals surface area contributed by atoms with Crippen molar-refractivity contribution in [3.05, 3.63) is 78.6 Å². The summed E-state index contributed by atoms with van der Waals surface area (Å²) in [6, 6.07) is 20.8. The lowest BCUT2D eigenvalue weighted by Gasteiger charge is -2.07. The molecule has 0 radical (unpaired) electrons. The van der Waals surface area contributed by atoms with Gasteiger partial charge in [-0.1, -0.05) is 42.5 Å². The molecule has 0 fully saturated rings. The number of anilines is 1. The van der Waals surface area contributed by atoms with Crippen molar-refractivity contribution in [1.82, 2.24) is 0 Å². The maximum atomic E-state index is 12.0. The summed E-state index contributed by atoms with van der Waals surface area (Å²) in [5.74, 6) is 1.74. The Morgan fingerprint density at radius 1 is 1.00 bits per heavy atom. The third-order valence-corrected chi connectivity index (χ3v) is 3.45. The molecular formula is C20H17NO3. The molecule has 0 bridgehead atoms. The zero-order valence-corrected chi connectivity index (χ0v) is 13.2. The van der Waals surface area contributed by atoms with Crippen molar-refractivity contribution < 1.29 is 13.9 Å². The van der Waals surface area contributed by atoms with E-state index in [9.17, 15) is 4.79 Å². The minimum absolute atomic E-state index is 0.253. The van der Waals surface area contributed by atoms with Crippen molar-refractivity contribution in [3.63, 3.8) is 0 Å². The van der Waals surface area contributed by atoms with Gasteiger partial charge in [-0.3, -0.25) is 4.79 Å². The molecule has 0 aliphatic heterocycles. The third kappa shape index (κ3) is 3.73. The normalized spacial score (nSPS) is 10.7. The number of carbonyl (C=O) groups is 1. The molecule has 0 aliphatic rings. The van der Waals surface area contributed by atoms with Crippen molar-refractivity contribution in [2.24, 2.45) is 0 Å². The largest absolute Gasteiger partial charge is 0.495 e. The molecule has 1 amide bonds. The Bertz CT molecular complexity index is 850. The van der Waals surface area contributed by atoms with Gasteiger partial charge in [-0.15, -0.1) is 0 Å². The fourth-order valence-electron chi connectivity index (χ4n) is 2.28. The fourth-order valence-corrected chi connectivity index (χ4v) is 2.28. The summed E-state index contributed by atoms with van der Waals surface area (Å²) in [7, 11) is 1.56. The topological polar surface area (TPSA) is 51.5 Å². The molecule has 0 atom stereocenters. The average molecular weight is 319 g/mol. The predicted molar refractivity (Wildman–Crippen MR) is 94.8 cm³/mol. The number of amides is 1. The quantitative estimate of drug-likeness (QED) is 0.699. The van der Waals surface area contributed by atoms with E-state index in [0.717, 1.165) is 11.3 Å². The van der Waals surface area contributed by atoms with E-state index in [1.807, 2.05) is 54.6 Å². The average Bonchev–Trinajstić information content (AvgIpc) is 3.10. The molecule has 3 aromatic rings. The highest BCUT2D eigenvalue weighted by Gasteiger charge is 2.05. The van der Waals surface area contributed by atoms with Crippen molar-refractivity contribution >= 4 is 17.7 Å². The smallest absolute Gasteiger partial charge is 0.248 e. The highest BCUT2D eigenvalue weighted by Crippen LogP contribution is 2.24. The van der Waals surface area contributed by atoms with E-state index in [-0.39, 0.29) is 5.91 Å². The fraction of sp³-hybridized carbons (Fsp3) is 0.0500. The van der Waals surface area contributed by atoms with Gasteiger partial charge in [0.15, 0.2) is 0 Å². The van der Waals surface area contributed by atoms with Gasteiger partial charge in [0.25, 0.3) is 0 Å². The summed E-state index contributed by atoms with van der Waals surface area (Å²) in [5, 5.41) is 2.78. The van der Waals surface area contributed by atoms with Crippen LogP contribution in [0, 0.1) is 0 Å². The molecule has 4 heteroatoms. The Labute approximate surface area is 140 Å². The molecule has 0 unspecified atom stereocenters. The standard InChI is InChI=1S/C20H17NO3/c1-23-19-10-6-5-9-17(19)21-20(22)14-12-16-11-13-18(24-16)15-7-3-2-4-8-15/h2-14H,1H3,(H,21,22)/b14-12+. The summed E-state index contributed by atoms with van der Waals surface area (Å²) in [6.07, 6.45) is 3.07. The minimum Gasteiger partial charge on any atom is -0.495 e. The molecule has 3 rings (SSSR count). The van der Waals surface area contributed by atoms with E-state index in [1.54, 1.807) is 25.3 Å². The van der Waals surface area contributed by atoms with Gasteiger partial charge < -0.3 is 14.5 Å². The van der Waals surface area contributed by atoms with Crippen LogP contribution in [0.4, 0.5) is 5.69 Å². The number of hydrogen-bond donors (Lipinski definition) is 1. The first-order valence-corrected chi connectivity index (χ1v) is 7.53. The maximum Gasteiger partial charge on any atom is 0.248 e. The van der Waals surface area contributed by atoms with E-state index in [2.05, 4.69) is 5.32 Å². The molecule has 4 nitrogen and oxygen atoms in total. The van der Waals surface area contributed by atoms with Crippen LogP contribution in [0.25, 0.3) is 17.4 Å². The van der Waals surface area contributed by atoms with Gasteiger partial charge in [0.05, 0.1) is 12.8 Å².